The van der Waals surface area contributed by atoms with Crippen LogP contribution in [0.15, 0.2) is 12.1 Å². The molecule has 32 heavy (non-hydrogen) atoms. The van der Waals surface area contributed by atoms with Gasteiger partial charge in [-0.1, -0.05) is 5.92 Å². The first-order valence-corrected chi connectivity index (χ1v) is 11.6. The second kappa shape index (κ2) is 9.48. The van der Waals surface area contributed by atoms with Gasteiger partial charge in [0.05, 0.1) is 0 Å². The first kappa shape index (κ1) is 24.0. The van der Waals surface area contributed by atoms with Crippen LogP contribution in [0.1, 0.15) is 81.5 Å². The Morgan fingerprint density at radius 3 is 2.00 bits per heavy atom. The van der Waals surface area contributed by atoms with Crippen molar-refractivity contribution in [1.29, 1.82) is 0 Å². The molecule has 0 bridgehead atoms. The van der Waals surface area contributed by atoms with E-state index in [2.05, 4.69) is 11.8 Å². The van der Waals surface area contributed by atoms with Crippen LogP contribution in [-0.4, -0.2) is 41.3 Å². The number of rotatable bonds is 2. The average Bonchev–Trinajstić information content (AvgIpc) is 2.68. The summed E-state index contributed by atoms with van der Waals surface area (Å²) in [7, 11) is 0. The van der Waals surface area contributed by atoms with E-state index in [1.54, 1.807) is 11.8 Å². The van der Waals surface area contributed by atoms with Crippen molar-refractivity contribution in [1.82, 2.24) is 4.90 Å². The first-order valence-electron chi connectivity index (χ1n) is 11.6. The molecule has 1 aromatic carbocycles. The number of hydrogen-bond acceptors (Lipinski definition) is 4. The Morgan fingerprint density at radius 2 is 1.53 bits per heavy atom. The summed E-state index contributed by atoms with van der Waals surface area (Å²) in [5.41, 5.74) is 3.18. The predicted octanol–water partition coefficient (Wildman–Crippen LogP) is 4.95. The zero-order valence-electron chi connectivity index (χ0n) is 20.2. The van der Waals surface area contributed by atoms with Crippen LogP contribution in [0.2, 0.25) is 0 Å². The number of piperidine rings is 1. The van der Waals surface area contributed by atoms with Crippen molar-refractivity contribution in [2.24, 2.45) is 11.8 Å². The summed E-state index contributed by atoms with van der Waals surface area (Å²) in [6.45, 7) is 12.5. The lowest BCUT2D eigenvalue weighted by Crippen LogP contribution is -2.44. The molecule has 0 unspecified atom stereocenters. The van der Waals surface area contributed by atoms with Crippen LogP contribution in [-0.2, 0) is 14.3 Å². The Bertz CT molecular complexity index is 927. The van der Waals surface area contributed by atoms with Crippen molar-refractivity contribution in [2.45, 2.75) is 78.7 Å². The van der Waals surface area contributed by atoms with Gasteiger partial charge < -0.3 is 9.64 Å². The van der Waals surface area contributed by atoms with E-state index >= 15 is 0 Å². The lowest BCUT2D eigenvalue weighted by atomic mass is 9.69. The number of benzene rings is 1. The van der Waals surface area contributed by atoms with E-state index in [1.807, 2.05) is 46.8 Å². The van der Waals surface area contributed by atoms with Crippen molar-refractivity contribution >= 4 is 17.7 Å². The molecule has 0 spiro atoms. The number of ether oxygens (including phenoxy) is 1. The SMILES string of the molecule is CC#Cc1cc(C)c(C2C(=O)CC(C3CCN(C(=O)OC(C)(C)C)CC3)CC2=O)c(C)c1. The normalized spacial score (nSPS) is 22.4. The fourth-order valence-corrected chi connectivity index (χ4v) is 5.19. The molecule has 1 aliphatic heterocycles. The van der Waals surface area contributed by atoms with Crippen molar-refractivity contribution in [3.8, 4) is 11.8 Å². The van der Waals surface area contributed by atoms with E-state index < -0.39 is 11.5 Å². The van der Waals surface area contributed by atoms with Gasteiger partial charge in [-0.15, -0.1) is 5.92 Å². The van der Waals surface area contributed by atoms with Gasteiger partial charge in [-0.2, -0.15) is 0 Å². The van der Waals surface area contributed by atoms with Crippen molar-refractivity contribution < 1.29 is 19.1 Å². The van der Waals surface area contributed by atoms with E-state index in [0.717, 1.165) is 35.1 Å². The zero-order valence-corrected chi connectivity index (χ0v) is 20.2. The molecule has 172 valence electrons. The Labute approximate surface area is 191 Å². The molecule has 1 saturated carbocycles. The zero-order chi connectivity index (χ0) is 23.6. The van der Waals surface area contributed by atoms with Crippen LogP contribution < -0.4 is 0 Å². The minimum Gasteiger partial charge on any atom is -0.444 e. The average molecular weight is 438 g/mol. The second-order valence-electron chi connectivity index (χ2n) is 10.2. The molecule has 3 rings (SSSR count). The molecule has 0 N–H and O–H groups in total. The van der Waals surface area contributed by atoms with Crippen LogP contribution in [0.3, 0.4) is 0 Å². The summed E-state index contributed by atoms with van der Waals surface area (Å²) >= 11 is 0. The number of nitrogens with zero attached hydrogens (tertiary/aromatic N) is 1. The highest BCUT2D eigenvalue weighted by Crippen LogP contribution is 2.40. The van der Waals surface area contributed by atoms with Gasteiger partial charge >= 0.3 is 6.09 Å². The Balaban J connectivity index is 1.66. The first-order chi connectivity index (χ1) is 15.0. The maximum Gasteiger partial charge on any atom is 0.410 e. The molecule has 1 saturated heterocycles. The quantitative estimate of drug-likeness (QED) is 0.485. The topological polar surface area (TPSA) is 63.7 Å². The van der Waals surface area contributed by atoms with Crippen LogP contribution >= 0.6 is 0 Å². The molecule has 2 aliphatic rings. The highest BCUT2D eigenvalue weighted by Gasteiger charge is 2.41. The third-order valence-electron chi connectivity index (χ3n) is 6.58. The molecular formula is C27H35NO4. The summed E-state index contributed by atoms with van der Waals surface area (Å²) in [5, 5.41) is 0. The number of carbonyl (C=O) groups excluding carboxylic acids is 3. The smallest absolute Gasteiger partial charge is 0.410 e. The van der Waals surface area contributed by atoms with Crippen molar-refractivity contribution in [2.75, 3.05) is 13.1 Å². The van der Waals surface area contributed by atoms with E-state index in [-0.39, 0.29) is 29.5 Å². The predicted molar refractivity (Wildman–Crippen MR) is 124 cm³/mol. The fourth-order valence-electron chi connectivity index (χ4n) is 5.19. The molecule has 0 radical (unpaired) electrons. The Hall–Kier alpha value is -2.61. The number of aryl methyl sites for hydroxylation is 2. The number of Topliss-reactive ketones (excluding diaryl/α,β-unsaturated/α-hetero) is 2. The monoisotopic (exact) mass is 437 g/mol. The molecule has 5 nitrogen and oxygen atoms in total. The number of hydrogen-bond donors (Lipinski definition) is 0. The molecule has 1 amide bonds. The standard InChI is InChI=1S/C27H35NO4/c1-7-8-19-13-17(2)24(18(3)14-19)25-22(29)15-21(16-23(25)30)20-9-11-28(12-10-20)26(31)32-27(4,5)6/h13-14,20-21,25H,9-12,15-16H2,1-6H3. The molecule has 2 fully saturated rings. The van der Waals surface area contributed by atoms with Crippen LogP contribution in [0.4, 0.5) is 4.79 Å². The summed E-state index contributed by atoms with van der Waals surface area (Å²) in [6, 6.07) is 3.94. The highest BCUT2D eigenvalue weighted by molar-refractivity contribution is 6.10. The summed E-state index contributed by atoms with van der Waals surface area (Å²) in [5.74, 6) is 5.71. The van der Waals surface area contributed by atoms with E-state index in [0.29, 0.717) is 25.9 Å². The molecule has 0 atom stereocenters. The van der Waals surface area contributed by atoms with E-state index in [9.17, 15) is 14.4 Å². The third kappa shape index (κ3) is 5.41. The summed E-state index contributed by atoms with van der Waals surface area (Å²) in [4.78, 5) is 40.4. The minimum absolute atomic E-state index is 0.0290. The Morgan fingerprint density at radius 1 is 1.00 bits per heavy atom. The minimum atomic E-state index is -0.656. The number of likely N-dealkylation sites (tertiary alicyclic amines) is 1. The largest absolute Gasteiger partial charge is 0.444 e. The molecular weight excluding hydrogens is 402 g/mol. The lowest BCUT2D eigenvalue weighted by molar-refractivity contribution is -0.134. The molecule has 1 heterocycles. The van der Waals surface area contributed by atoms with Crippen molar-refractivity contribution in [3.63, 3.8) is 0 Å². The number of amides is 1. The van der Waals surface area contributed by atoms with Gasteiger partial charge in [0, 0.05) is 31.5 Å². The Kier molecular flexibility index (Phi) is 7.12. The highest BCUT2D eigenvalue weighted by atomic mass is 16.6. The molecule has 1 aliphatic carbocycles. The summed E-state index contributed by atoms with van der Waals surface area (Å²) in [6.07, 6.45) is 2.19. The van der Waals surface area contributed by atoms with Gasteiger partial charge in [0.25, 0.3) is 0 Å². The maximum absolute atomic E-state index is 13.2. The van der Waals surface area contributed by atoms with Crippen LogP contribution in [0, 0.1) is 37.5 Å². The van der Waals surface area contributed by atoms with Crippen LogP contribution in [0.5, 0.6) is 0 Å². The second-order valence-corrected chi connectivity index (χ2v) is 10.2. The van der Waals surface area contributed by atoms with Gasteiger partial charge in [0.2, 0.25) is 0 Å². The molecule has 1 aromatic rings. The lowest BCUT2D eigenvalue weighted by Gasteiger charge is -2.38. The van der Waals surface area contributed by atoms with Gasteiger partial charge in [-0.25, -0.2) is 4.79 Å². The molecule has 5 heteroatoms. The van der Waals surface area contributed by atoms with Gasteiger partial charge in [0.15, 0.2) is 0 Å². The van der Waals surface area contributed by atoms with Gasteiger partial charge in [-0.05, 0) is 95.0 Å². The van der Waals surface area contributed by atoms with Crippen LogP contribution in [0.25, 0.3) is 0 Å². The van der Waals surface area contributed by atoms with Crippen molar-refractivity contribution in [3.05, 3.63) is 34.4 Å². The van der Waals surface area contributed by atoms with E-state index in [1.165, 1.54) is 0 Å². The maximum atomic E-state index is 13.2. The van der Waals surface area contributed by atoms with Gasteiger partial charge in [0.1, 0.15) is 23.1 Å². The fraction of sp³-hybridized carbons (Fsp3) is 0.593. The van der Waals surface area contributed by atoms with Gasteiger partial charge in [-0.3, -0.25) is 9.59 Å². The molecule has 0 aromatic heterocycles. The third-order valence-corrected chi connectivity index (χ3v) is 6.58. The number of carbonyl (C=O) groups is 3. The number of ketones is 2. The van der Waals surface area contributed by atoms with E-state index in [4.69, 9.17) is 4.74 Å². The summed E-state index contributed by atoms with van der Waals surface area (Å²) < 4.78 is 5.47.